The summed E-state index contributed by atoms with van der Waals surface area (Å²) in [5.41, 5.74) is 8.14. The molecule has 1 fully saturated rings. The third kappa shape index (κ3) is 3.02. The Hall–Kier alpha value is -1.10. The number of aliphatic hydroxyl groups is 1. The van der Waals surface area contributed by atoms with Crippen LogP contribution in [-0.2, 0) is 4.74 Å². The minimum Gasteiger partial charge on any atom is -0.394 e. The van der Waals surface area contributed by atoms with Crippen molar-refractivity contribution in [2.75, 3.05) is 24.6 Å². The number of morpholine rings is 1. The number of nitrogens with two attached hydrogens (primary N) is 1. The highest BCUT2D eigenvalue weighted by Gasteiger charge is 2.24. The predicted molar refractivity (Wildman–Crippen MR) is 72.7 cm³/mol. The van der Waals surface area contributed by atoms with Crippen LogP contribution in [0.25, 0.3) is 0 Å². The molecule has 2 rings (SSSR count). The molecule has 100 valence electrons. The first kappa shape index (κ1) is 13.3. The second-order valence-corrected chi connectivity index (χ2v) is 5.04. The number of anilines is 1. The van der Waals surface area contributed by atoms with Crippen LogP contribution in [0.2, 0.25) is 0 Å². The summed E-state index contributed by atoms with van der Waals surface area (Å²) < 4.78 is 5.64. The number of ether oxygens (including phenoxy) is 1. The summed E-state index contributed by atoms with van der Waals surface area (Å²) in [5.74, 6) is 0. The summed E-state index contributed by atoms with van der Waals surface area (Å²) >= 11 is 0. The Bertz CT molecular complexity index is 378. The number of nitrogens with zero attached hydrogens (tertiary/aromatic N) is 1. The first-order valence-electron chi connectivity index (χ1n) is 6.47. The number of hydrogen-bond donors (Lipinski definition) is 2. The lowest BCUT2D eigenvalue weighted by atomic mass is 10.1. The highest BCUT2D eigenvalue weighted by atomic mass is 16.5. The zero-order chi connectivity index (χ0) is 13.1. The molecule has 1 aromatic rings. The maximum atomic E-state index is 9.22. The zero-order valence-electron chi connectivity index (χ0n) is 11.0. The molecule has 3 atom stereocenters. The topological polar surface area (TPSA) is 58.7 Å². The van der Waals surface area contributed by atoms with Gasteiger partial charge in [0.1, 0.15) is 0 Å². The average molecular weight is 250 g/mol. The maximum absolute atomic E-state index is 9.22. The number of rotatable bonds is 3. The summed E-state index contributed by atoms with van der Waals surface area (Å²) in [5, 5.41) is 9.22. The Labute approximate surface area is 108 Å². The summed E-state index contributed by atoms with van der Waals surface area (Å²) in [6.07, 6.45) is 0.0471. The van der Waals surface area contributed by atoms with E-state index in [4.69, 9.17) is 10.5 Å². The van der Waals surface area contributed by atoms with Crippen LogP contribution < -0.4 is 10.6 Å². The van der Waals surface area contributed by atoms with Gasteiger partial charge in [-0.3, -0.25) is 0 Å². The van der Waals surface area contributed by atoms with Crippen molar-refractivity contribution in [1.29, 1.82) is 0 Å². The fourth-order valence-electron chi connectivity index (χ4n) is 2.35. The Morgan fingerprint density at radius 1 is 1.39 bits per heavy atom. The van der Waals surface area contributed by atoms with Crippen molar-refractivity contribution in [1.82, 2.24) is 0 Å². The van der Waals surface area contributed by atoms with Gasteiger partial charge in [-0.1, -0.05) is 12.1 Å². The van der Waals surface area contributed by atoms with Crippen molar-refractivity contribution in [2.24, 2.45) is 5.73 Å². The Kier molecular flexibility index (Phi) is 4.22. The SMILES string of the molecule is CC1CN(c2ccc([C@H](C)N)cc2)CC(CO)O1. The molecule has 0 amide bonds. The van der Waals surface area contributed by atoms with Gasteiger partial charge in [0.2, 0.25) is 0 Å². The lowest BCUT2D eigenvalue weighted by Crippen LogP contribution is -2.48. The van der Waals surface area contributed by atoms with E-state index in [2.05, 4.69) is 29.2 Å². The van der Waals surface area contributed by atoms with Gasteiger partial charge in [-0.15, -0.1) is 0 Å². The van der Waals surface area contributed by atoms with E-state index in [9.17, 15) is 5.11 Å². The van der Waals surface area contributed by atoms with Crippen LogP contribution in [0.4, 0.5) is 5.69 Å². The van der Waals surface area contributed by atoms with E-state index in [1.54, 1.807) is 0 Å². The van der Waals surface area contributed by atoms with E-state index >= 15 is 0 Å². The summed E-state index contributed by atoms with van der Waals surface area (Å²) in [7, 11) is 0. The van der Waals surface area contributed by atoms with Gasteiger partial charge < -0.3 is 20.5 Å². The van der Waals surface area contributed by atoms with Gasteiger partial charge in [-0.2, -0.15) is 0 Å². The molecule has 4 nitrogen and oxygen atoms in total. The molecule has 1 aliphatic heterocycles. The van der Waals surface area contributed by atoms with Crippen LogP contribution in [0, 0.1) is 0 Å². The average Bonchev–Trinajstić information content (AvgIpc) is 2.38. The molecule has 3 N–H and O–H groups in total. The van der Waals surface area contributed by atoms with Gasteiger partial charge in [-0.25, -0.2) is 0 Å². The molecule has 0 aliphatic carbocycles. The van der Waals surface area contributed by atoms with E-state index in [0.29, 0.717) is 0 Å². The normalized spacial score (nSPS) is 26.1. The van der Waals surface area contributed by atoms with E-state index in [1.165, 1.54) is 0 Å². The van der Waals surface area contributed by atoms with Crippen LogP contribution in [0.1, 0.15) is 25.5 Å². The van der Waals surface area contributed by atoms with Crippen molar-refractivity contribution in [3.63, 3.8) is 0 Å². The molecule has 1 heterocycles. The van der Waals surface area contributed by atoms with Gasteiger partial charge in [0.25, 0.3) is 0 Å². The van der Waals surface area contributed by atoms with Crippen molar-refractivity contribution < 1.29 is 9.84 Å². The molecule has 4 heteroatoms. The molecule has 1 aromatic carbocycles. The van der Waals surface area contributed by atoms with Gasteiger partial charge in [0.05, 0.1) is 18.8 Å². The van der Waals surface area contributed by atoms with E-state index in [-0.39, 0.29) is 24.9 Å². The van der Waals surface area contributed by atoms with Gasteiger partial charge >= 0.3 is 0 Å². The quantitative estimate of drug-likeness (QED) is 0.849. The molecule has 2 unspecified atom stereocenters. The fourth-order valence-corrected chi connectivity index (χ4v) is 2.35. The molecule has 0 aromatic heterocycles. The minimum absolute atomic E-state index is 0.0628. The van der Waals surface area contributed by atoms with Crippen molar-refractivity contribution >= 4 is 5.69 Å². The Balaban J connectivity index is 2.10. The Morgan fingerprint density at radius 3 is 2.61 bits per heavy atom. The van der Waals surface area contributed by atoms with Crippen molar-refractivity contribution in [3.8, 4) is 0 Å². The number of aliphatic hydroxyl groups excluding tert-OH is 1. The number of hydrogen-bond acceptors (Lipinski definition) is 4. The molecule has 0 spiro atoms. The van der Waals surface area contributed by atoms with Crippen LogP contribution in [0.15, 0.2) is 24.3 Å². The second kappa shape index (κ2) is 5.69. The highest BCUT2D eigenvalue weighted by Crippen LogP contribution is 2.22. The Morgan fingerprint density at radius 2 is 2.06 bits per heavy atom. The molecule has 18 heavy (non-hydrogen) atoms. The first-order valence-corrected chi connectivity index (χ1v) is 6.47. The number of benzene rings is 1. The summed E-state index contributed by atoms with van der Waals surface area (Å²) in [4.78, 5) is 2.25. The monoisotopic (exact) mass is 250 g/mol. The summed E-state index contributed by atoms with van der Waals surface area (Å²) in [6, 6.07) is 8.37. The smallest absolute Gasteiger partial charge is 0.0984 e. The molecule has 1 saturated heterocycles. The van der Waals surface area contributed by atoms with Gasteiger partial charge in [-0.05, 0) is 31.5 Å². The summed E-state index contributed by atoms with van der Waals surface area (Å²) in [6.45, 7) is 5.67. The standard InChI is InChI=1S/C14H22N2O2/c1-10-7-16(8-14(9-17)18-10)13-5-3-12(4-6-13)11(2)15/h3-6,10-11,14,17H,7-9,15H2,1-2H3/t10?,11-,14?/m0/s1. The maximum Gasteiger partial charge on any atom is 0.0984 e. The molecular weight excluding hydrogens is 228 g/mol. The third-order valence-corrected chi connectivity index (χ3v) is 3.31. The van der Waals surface area contributed by atoms with Crippen molar-refractivity contribution in [2.45, 2.75) is 32.1 Å². The lowest BCUT2D eigenvalue weighted by molar-refractivity contribution is -0.0421. The largest absolute Gasteiger partial charge is 0.394 e. The van der Waals surface area contributed by atoms with E-state index in [1.807, 2.05) is 13.8 Å². The van der Waals surface area contributed by atoms with E-state index in [0.717, 1.165) is 24.3 Å². The molecule has 1 aliphatic rings. The van der Waals surface area contributed by atoms with Gasteiger partial charge in [0, 0.05) is 24.8 Å². The molecule has 0 saturated carbocycles. The minimum atomic E-state index is -0.0955. The van der Waals surface area contributed by atoms with Gasteiger partial charge in [0.15, 0.2) is 0 Å². The molecule has 0 radical (unpaired) electrons. The van der Waals surface area contributed by atoms with Crippen LogP contribution >= 0.6 is 0 Å². The highest BCUT2D eigenvalue weighted by molar-refractivity contribution is 5.48. The predicted octanol–water partition coefficient (Wildman–Crippen LogP) is 1.29. The second-order valence-electron chi connectivity index (χ2n) is 5.04. The zero-order valence-corrected chi connectivity index (χ0v) is 11.0. The molecule has 0 bridgehead atoms. The third-order valence-electron chi connectivity index (χ3n) is 3.31. The van der Waals surface area contributed by atoms with Crippen molar-refractivity contribution in [3.05, 3.63) is 29.8 Å². The van der Waals surface area contributed by atoms with E-state index < -0.39 is 0 Å². The fraction of sp³-hybridized carbons (Fsp3) is 0.571. The van der Waals surface area contributed by atoms with Crippen LogP contribution in [-0.4, -0.2) is 37.0 Å². The lowest BCUT2D eigenvalue weighted by Gasteiger charge is -2.37. The van der Waals surface area contributed by atoms with Crippen LogP contribution in [0.3, 0.4) is 0 Å². The van der Waals surface area contributed by atoms with Crippen LogP contribution in [0.5, 0.6) is 0 Å². The first-order chi connectivity index (χ1) is 8.60. The molecular formula is C14H22N2O2.